The quantitative estimate of drug-likeness (QED) is 0.485. The van der Waals surface area contributed by atoms with Gasteiger partial charge in [-0.25, -0.2) is 4.79 Å². The van der Waals surface area contributed by atoms with Gasteiger partial charge >= 0.3 is 5.97 Å². The van der Waals surface area contributed by atoms with Crippen LogP contribution in [0.15, 0.2) is 24.3 Å². The third-order valence-electron chi connectivity index (χ3n) is 4.33. The van der Waals surface area contributed by atoms with Crippen molar-refractivity contribution >= 4 is 23.6 Å². The van der Waals surface area contributed by atoms with E-state index in [9.17, 15) is 9.59 Å². The van der Waals surface area contributed by atoms with E-state index in [0.717, 1.165) is 18.6 Å². The van der Waals surface area contributed by atoms with Crippen LogP contribution in [0.4, 0.5) is 0 Å². The molecule has 0 spiro atoms. The standard InChI is InChI=1S/C21H31NO4S/c1-6-7-12-25-17-10-8-16(9-11-17)19(23)22-18(21(24)26-15(4)5)13-27-20(22)14(2)3/h8-11,14-15,18,20H,6-7,12-13H2,1-5H3. The highest BCUT2D eigenvalue weighted by Gasteiger charge is 2.44. The zero-order valence-corrected chi connectivity index (χ0v) is 17.8. The first-order valence-corrected chi connectivity index (χ1v) is 10.8. The molecule has 1 aromatic rings. The molecule has 1 fully saturated rings. The summed E-state index contributed by atoms with van der Waals surface area (Å²) in [5.41, 5.74) is 0.563. The van der Waals surface area contributed by atoms with E-state index in [1.54, 1.807) is 28.8 Å². The lowest BCUT2D eigenvalue weighted by Crippen LogP contribution is -2.48. The smallest absolute Gasteiger partial charge is 0.330 e. The van der Waals surface area contributed by atoms with Crippen molar-refractivity contribution in [2.45, 2.75) is 65.0 Å². The summed E-state index contributed by atoms with van der Waals surface area (Å²) < 4.78 is 11.1. The second-order valence-electron chi connectivity index (χ2n) is 7.41. The van der Waals surface area contributed by atoms with Crippen molar-refractivity contribution < 1.29 is 19.1 Å². The van der Waals surface area contributed by atoms with Crippen molar-refractivity contribution in [3.05, 3.63) is 29.8 Å². The number of thioether (sulfide) groups is 1. The zero-order chi connectivity index (χ0) is 20.0. The number of rotatable bonds is 8. The minimum absolute atomic E-state index is 0.0392. The van der Waals surface area contributed by atoms with E-state index in [4.69, 9.17) is 9.47 Å². The monoisotopic (exact) mass is 393 g/mol. The van der Waals surface area contributed by atoms with Gasteiger partial charge < -0.3 is 14.4 Å². The highest BCUT2D eigenvalue weighted by atomic mass is 32.2. The predicted molar refractivity (Wildman–Crippen MR) is 109 cm³/mol. The third-order valence-corrected chi connectivity index (χ3v) is 5.95. The zero-order valence-electron chi connectivity index (χ0n) is 16.9. The van der Waals surface area contributed by atoms with Crippen LogP contribution in [0.5, 0.6) is 5.75 Å². The first-order valence-electron chi connectivity index (χ1n) is 9.72. The highest BCUT2D eigenvalue weighted by Crippen LogP contribution is 2.36. The SMILES string of the molecule is CCCCOc1ccc(C(=O)N2C(C(=O)OC(C)C)CSC2C(C)C)cc1. The molecule has 6 heteroatoms. The molecule has 0 saturated carbocycles. The van der Waals surface area contributed by atoms with Gasteiger partial charge in [-0.15, -0.1) is 11.8 Å². The Hall–Kier alpha value is -1.69. The summed E-state index contributed by atoms with van der Waals surface area (Å²) in [4.78, 5) is 27.4. The fraction of sp³-hybridized carbons (Fsp3) is 0.619. The fourth-order valence-electron chi connectivity index (χ4n) is 2.97. The average Bonchev–Trinajstić information content (AvgIpc) is 3.07. The van der Waals surface area contributed by atoms with Crippen molar-refractivity contribution in [3.63, 3.8) is 0 Å². The second kappa shape index (κ2) is 10.0. The Morgan fingerprint density at radius 2 is 1.85 bits per heavy atom. The maximum absolute atomic E-state index is 13.2. The molecule has 0 radical (unpaired) electrons. The largest absolute Gasteiger partial charge is 0.494 e. The molecule has 1 aliphatic heterocycles. The summed E-state index contributed by atoms with van der Waals surface area (Å²) in [6.07, 6.45) is 1.88. The molecule has 1 heterocycles. The molecule has 150 valence electrons. The van der Waals surface area contributed by atoms with E-state index >= 15 is 0 Å². The van der Waals surface area contributed by atoms with Gasteiger partial charge in [0, 0.05) is 11.3 Å². The Morgan fingerprint density at radius 3 is 2.41 bits per heavy atom. The number of ether oxygens (including phenoxy) is 2. The van der Waals surface area contributed by atoms with Gasteiger partial charge in [-0.2, -0.15) is 0 Å². The summed E-state index contributed by atoms with van der Waals surface area (Å²) in [5, 5.41) is -0.0392. The molecule has 1 aromatic carbocycles. The molecule has 2 unspecified atom stereocenters. The van der Waals surface area contributed by atoms with E-state index in [-0.39, 0.29) is 29.3 Å². The van der Waals surface area contributed by atoms with Gasteiger partial charge in [0.2, 0.25) is 0 Å². The van der Waals surface area contributed by atoms with Crippen LogP contribution in [0.3, 0.4) is 0 Å². The summed E-state index contributed by atoms with van der Waals surface area (Å²) >= 11 is 1.64. The molecule has 0 N–H and O–H groups in total. The number of nitrogens with zero attached hydrogens (tertiary/aromatic N) is 1. The molecule has 2 atom stereocenters. The average molecular weight is 394 g/mol. The molecule has 2 rings (SSSR count). The first kappa shape index (κ1) is 21.6. The van der Waals surface area contributed by atoms with Crippen LogP contribution in [0, 0.1) is 5.92 Å². The minimum Gasteiger partial charge on any atom is -0.494 e. The van der Waals surface area contributed by atoms with E-state index < -0.39 is 6.04 Å². The van der Waals surface area contributed by atoms with Gasteiger partial charge in [0.1, 0.15) is 11.8 Å². The van der Waals surface area contributed by atoms with Gasteiger partial charge in [0.05, 0.1) is 18.1 Å². The lowest BCUT2D eigenvalue weighted by atomic mass is 10.1. The van der Waals surface area contributed by atoms with Crippen LogP contribution in [0.25, 0.3) is 0 Å². The Kier molecular flexibility index (Phi) is 8.02. The molecule has 5 nitrogen and oxygen atoms in total. The van der Waals surface area contributed by atoms with E-state index in [0.29, 0.717) is 17.9 Å². The Labute approximate surface area is 166 Å². The van der Waals surface area contributed by atoms with Gasteiger partial charge in [0.15, 0.2) is 0 Å². The molecular weight excluding hydrogens is 362 g/mol. The number of hydrogen-bond donors (Lipinski definition) is 0. The number of unbranched alkanes of at least 4 members (excludes halogenated alkanes) is 1. The highest BCUT2D eigenvalue weighted by molar-refractivity contribution is 8.00. The number of carbonyl (C=O) groups excluding carboxylic acids is 2. The summed E-state index contributed by atoms with van der Waals surface area (Å²) in [7, 11) is 0. The summed E-state index contributed by atoms with van der Waals surface area (Å²) in [6, 6.07) is 6.64. The van der Waals surface area contributed by atoms with Crippen LogP contribution in [-0.2, 0) is 9.53 Å². The second-order valence-corrected chi connectivity index (χ2v) is 8.56. The molecule has 0 aliphatic carbocycles. The lowest BCUT2D eigenvalue weighted by molar-refractivity contribution is -0.152. The van der Waals surface area contributed by atoms with Crippen LogP contribution in [0.2, 0.25) is 0 Å². The van der Waals surface area contributed by atoms with Gasteiger partial charge in [0.25, 0.3) is 5.91 Å². The normalized spacial score (nSPS) is 19.6. The van der Waals surface area contributed by atoms with Crippen molar-refractivity contribution in [2.75, 3.05) is 12.4 Å². The third kappa shape index (κ3) is 5.64. The maximum atomic E-state index is 13.2. The number of hydrogen-bond acceptors (Lipinski definition) is 5. The van der Waals surface area contributed by atoms with Crippen LogP contribution < -0.4 is 4.74 Å². The molecule has 0 bridgehead atoms. The number of amides is 1. The number of carbonyl (C=O) groups is 2. The summed E-state index contributed by atoms with van der Waals surface area (Å²) in [5.74, 6) is 1.11. The Bertz CT molecular complexity index is 630. The molecule has 1 aliphatic rings. The van der Waals surface area contributed by atoms with Gasteiger partial charge in [-0.3, -0.25) is 4.79 Å². The molecule has 0 aromatic heterocycles. The lowest BCUT2D eigenvalue weighted by Gasteiger charge is -2.31. The first-order chi connectivity index (χ1) is 12.8. The van der Waals surface area contributed by atoms with Crippen LogP contribution in [0.1, 0.15) is 57.8 Å². The number of esters is 1. The van der Waals surface area contributed by atoms with Crippen molar-refractivity contribution in [3.8, 4) is 5.75 Å². The van der Waals surface area contributed by atoms with Crippen LogP contribution in [-0.4, -0.2) is 46.7 Å². The van der Waals surface area contributed by atoms with Crippen molar-refractivity contribution in [1.82, 2.24) is 4.90 Å². The van der Waals surface area contributed by atoms with Gasteiger partial charge in [-0.1, -0.05) is 27.2 Å². The van der Waals surface area contributed by atoms with Gasteiger partial charge in [-0.05, 0) is 50.5 Å². The predicted octanol–water partition coefficient (Wildman–Crippen LogP) is 4.36. The Balaban J connectivity index is 2.17. The molecule has 1 amide bonds. The minimum atomic E-state index is -0.544. The van der Waals surface area contributed by atoms with Crippen LogP contribution >= 0.6 is 11.8 Å². The molecular formula is C21H31NO4S. The molecule has 27 heavy (non-hydrogen) atoms. The Morgan fingerprint density at radius 1 is 1.19 bits per heavy atom. The number of benzene rings is 1. The maximum Gasteiger partial charge on any atom is 0.330 e. The fourth-order valence-corrected chi connectivity index (χ4v) is 4.43. The van der Waals surface area contributed by atoms with E-state index in [2.05, 4.69) is 20.8 Å². The van der Waals surface area contributed by atoms with E-state index in [1.807, 2.05) is 26.0 Å². The molecule has 1 saturated heterocycles. The topological polar surface area (TPSA) is 55.8 Å². The van der Waals surface area contributed by atoms with Crippen molar-refractivity contribution in [1.29, 1.82) is 0 Å². The van der Waals surface area contributed by atoms with E-state index in [1.165, 1.54) is 0 Å². The summed E-state index contributed by atoms with van der Waals surface area (Å²) in [6.45, 7) is 10.6. The van der Waals surface area contributed by atoms with Crippen molar-refractivity contribution in [2.24, 2.45) is 5.92 Å².